The zero-order chi connectivity index (χ0) is 18.7. The van der Waals surface area contributed by atoms with E-state index in [-0.39, 0.29) is 12.1 Å². The van der Waals surface area contributed by atoms with E-state index in [2.05, 4.69) is 20.2 Å². The SMILES string of the molecule is Cc1cncc(Nc2nc(N(C)C3CCCCC3N)ccc2C(N)=O)c1. The Morgan fingerprint density at radius 1 is 1.27 bits per heavy atom. The van der Waals surface area contributed by atoms with Gasteiger partial charge in [0.05, 0.1) is 17.4 Å². The first-order valence-corrected chi connectivity index (χ1v) is 8.93. The number of aryl methyl sites for hydroxylation is 1. The second-order valence-electron chi connectivity index (χ2n) is 6.93. The van der Waals surface area contributed by atoms with Crippen LogP contribution >= 0.6 is 0 Å². The fraction of sp³-hybridized carbons (Fsp3) is 0.421. The van der Waals surface area contributed by atoms with E-state index >= 15 is 0 Å². The van der Waals surface area contributed by atoms with Crippen LogP contribution in [0.3, 0.4) is 0 Å². The van der Waals surface area contributed by atoms with Crippen molar-refractivity contribution in [3.63, 3.8) is 0 Å². The smallest absolute Gasteiger partial charge is 0.252 e. The molecule has 0 saturated heterocycles. The first kappa shape index (κ1) is 18.1. The van der Waals surface area contributed by atoms with Crippen molar-refractivity contribution in [1.29, 1.82) is 0 Å². The summed E-state index contributed by atoms with van der Waals surface area (Å²) >= 11 is 0. The highest BCUT2D eigenvalue weighted by Crippen LogP contribution is 2.27. The van der Waals surface area contributed by atoms with Crippen LogP contribution < -0.4 is 21.7 Å². The third-order valence-electron chi connectivity index (χ3n) is 4.92. The fourth-order valence-electron chi connectivity index (χ4n) is 3.49. The Morgan fingerprint density at radius 3 is 2.73 bits per heavy atom. The molecule has 1 amide bonds. The number of rotatable bonds is 5. The summed E-state index contributed by atoms with van der Waals surface area (Å²) in [4.78, 5) is 22.7. The Morgan fingerprint density at radius 2 is 2.04 bits per heavy atom. The molecule has 26 heavy (non-hydrogen) atoms. The van der Waals surface area contributed by atoms with E-state index < -0.39 is 5.91 Å². The van der Waals surface area contributed by atoms with Gasteiger partial charge in [0.15, 0.2) is 0 Å². The second-order valence-corrected chi connectivity index (χ2v) is 6.93. The van der Waals surface area contributed by atoms with Gasteiger partial charge < -0.3 is 21.7 Å². The minimum absolute atomic E-state index is 0.128. The molecule has 0 bridgehead atoms. The molecule has 1 saturated carbocycles. The summed E-state index contributed by atoms with van der Waals surface area (Å²) in [5.74, 6) is 0.670. The highest BCUT2D eigenvalue weighted by molar-refractivity contribution is 5.98. The van der Waals surface area contributed by atoms with Crippen LogP contribution in [0.25, 0.3) is 0 Å². The van der Waals surface area contributed by atoms with E-state index in [0.29, 0.717) is 11.4 Å². The fourth-order valence-corrected chi connectivity index (χ4v) is 3.49. The van der Waals surface area contributed by atoms with Gasteiger partial charge in [0.2, 0.25) is 0 Å². The molecular weight excluding hydrogens is 328 g/mol. The maximum atomic E-state index is 11.8. The normalized spacial score (nSPS) is 19.8. The van der Waals surface area contributed by atoms with Gasteiger partial charge in [0, 0.05) is 25.3 Å². The lowest BCUT2D eigenvalue weighted by atomic mass is 9.90. The zero-order valence-electron chi connectivity index (χ0n) is 15.3. The molecule has 0 aromatic carbocycles. The molecule has 0 radical (unpaired) electrons. The molecule has 2 aromatic rings. The van der Waals surface area contributed by atoms with Crippen LogP contribution in [0.5, 0.6) is 0 Å². The molecule has 2 heterocycles. The van der Waals surface area contributed by atoms with Crippen molar-refractivity contribution in [2.24, 2.45) is 11.5 Å². The summed E-state index contributed by atoms with van der Waals surface area (Å²) < 4.78 is 0. The Balaban J connectivity index is 1.91. The molecular formula is C19H26N6O. The lowest BCUT2D eigenvalue weighted by Gasteiger charge is -2.36. The Bertz CT molecular complexity index is 793. The van der Waals surface area contributed by atoms with Crippen molar-refractivity contribution in [3.8, 4) is 0 Å². The van der Waals surface area contributed by atoms with Crippen LogP contribution in [-0.4, -0.2) is 35.0 Å². The molecule has 2 aromatic heterocycles. The number of carbonyl (C=O) groups is 1. The maximum absolute atomic E-state index is 11.8. The number of primary amides is 1. The van der Waals surface area contributed by atoms with Gasteiger partial charge in [-0.05, 0) is 43.5 Å². The third kappa shape index (κ3) is 3.94. The van der Waals surface area contributed by atoms with Crippen LogP contribution in [-0.2, 0) is 0 Å². The summed E-state index contributed by atoms with van der Waals surface area (Å²) in [5, 5.41) is 3.17. The molecule has 7 heteroatoms. The quantitative estimate of drug-likeness (QED) is 0.760. The van der Waals surface area contributed by atoms with Crippen molar-refractivity contribution >= 4 is 23.2 Å². The minimum Gasteiger partial charge on any atom is -0.365 e. The first-order chi connectivity index (χ1) is 12.5. The van der Waals surface area contributed by atoms with Crippen LogP contribution in [0, 0.1) is 6.92 Å². The molecule has 7 nitrogen and oxygen atoms in total. The highest BCUT2D eigenvalue weighted by atomic mass is 16.1. The third-order valence-corrected chi connectivity index (χ3v) is 4.92. The van der Waals surface area contributed by atoms with Crippen LogP contribution in [0.2, 0.25) is 0 Å². The molecule has 3 rings (SSSR count). The predicted octanol–water partition coefficient (Wildman–Crippen LogP) is 2.33. The summed E-state index contributed by atoms with van der Waals surface area (Å²) in [6.45, 7) is 1.95. The van der Waals surface area contributed by atoms with E-state index in [1.54, 1.807) is 18.5 Å². The number of carbonyl (C=O) groups excluding carboxylic acids is 1. The topological polar surface area (TPSA) is 110 Å². The van der Waals surface area contributed by atoms with Crippen molar-refractivity contribution in [3.05, 3.63) is 41.7 Å². The zero-order valence-corrected chi connectivity index (χ0v) is 15.3. The number of nitrogens with one attached hydrogen (secondary N) is 1. The van der Waals surface area contributed by atoms with Gasteiger partial charge in [0.1, 0.15) is 11.6 Å². The van der Waals surface area contributed by atoms with Gasteiger partial charge >= 0.3 is 0 Å². The number of hydrogen-bond donors (Lipinski definition) is 3. The summed E-state index contributed by atoms with van der Waals surface area (Å²) in [6.07, 6.45) is 7.86. The maximum Gasteiger partial charge on any atom is 0.252 e. The van der Waals surface area contributed by atoms with E-state index in [4.69, 9.17) is 11.5 Å². The van der Waals surface area contributed by atoms with Crippen LogP contribution in [0.15, 0.2) is 30.6 Å². The second kappa shape index (κ2) is 7.70. The number of nitrogens with two attached hydrogens (primary N) is 2. The molecule has 138 valence electrons. The van der Waals surface area contributed by atoms with Gasteiger partial charge in [-0.1, -0.05) is 12.8 Å². The van der Waals surface area contributed by atoms with Gasteiger partial charge in [0.25, 0.3) is 5.91 Å². The molecule has 1 aliphatic carbocycles. The van der Waals surface area contributed by atoms with Crippen molar-refractivity contribution in [1.82, 2.24) is 9.97 Å². The standard InChI is InChI=1S/C19H26N6O/c1-12-9-13(11-22-10-12)23-19-14(18(21)26)7-8-17(24-19)25(2)16-6-4-3-5-15(16)20/h7-11,15-16H,3-6,20H2,1-2H3,(H2,21,26)(H,23,24). The van der Waals surface area contributed by atoms with Gasteiger partial charge in [-0.2, -0.15) is 0 Å². The largest absolute Gasteiger partial charge is 0.365 e. The lowest BCUT2D eigenvalue weighted by molar-refractivity contribution is 0.100. The molecule has 0 aliphatic heterocycles. The number of anilines is 3. The Kier molecular flexibility index (Phi) is 5.37. The Labute approximate surface area is 153 Å². The van der Waals surface area contributed by atoms with E-state index in [0.717, 1.165) is 29.9 Å². The van der Waals surface area contributed by atoms with E-state index in [1.807, 2.05) is 26.1 Å². The first-order valence-electron chi connectivity index (χ1n) is 8.93. The summed E-state index contributed by atoms with van der Waals surface area (Å²) in [7, 11) is 2.00. The number of pyridine rings is 2. The molecule has 2 atom stereocenters. The van der Waals surface area contributed by atoms with E-state index in [1.165, 1.54) is 12.8 Å². The molecule has 2 unspecified atom stereocenters. The van der Waals surface area contributed by atoms with Crippen molar-refractivity contribution in [2.75, 3.05) is 17.3 Å². The average molecular weight is 354 g/mol. The van der Waals surface area contributed by atoms with Crippen molar-refractivity contribution in [2.45, 2.75) is 44.7 Å². The highest BCUT2D eigenvalue weighted by Gasteiger charge is 2.27. The summed E-state index contributed by atoms with van der Waals surface area (Å²) in [6, 6.07) is 5.84. The number of aromatic nitrogens is 2. The average Bonchev–Trinajstić information content (AvgIpc) is 2.61. The summed E-state index contributed by atoms with van der Waals surface area (Å²) in [5.41, 5.74) is 13.9. The molecule has 5 N–H and O–H groups in total. The Hall–Kier alpha value is -2.67. The monoisotopic (exact) mass is 354 g/mol. The van der Waals surface area contributed by atoms with Crippen LogP contribution in [0.4, 0.5) is 17.3 Å². The number of amides is 1. The molecule has 1 fully saturated rings. The number of likely N-dealkylation sites (N-methyl/N-ethyl adjacent to an activating group) is 1. The molecule has 0 spiro atoms. The number of hydrogen-bond acceptors (Lipinski definition) is 6. The van der Waals surface area contributed by atoms with Gasteiger partial charge in [-0.15, -0.1) is 0 Å². The van der Waals surface area contributed by atoms with Crippen molar-refractivity contribution < 1.29 is 4.79 Å². The van der Waals surface area contributed by atoms with Gasteiger partial charge in [-0.3, -0.25) is 9.78 Å². The van der Waals surface area contributed by atoms with E-state index in [9.17, 15) is 4.79 Å². The van der Waals surface area contributed by atoms with Gasteiger partial charge in [-0.25, -0.2) is 4.98 Å². The molecule has 1 aliphatic rings. The lowest BCUT2D eigenvalue weighted by Crippen LogP contribution is -2.48. The number of nitrogens with zero attached hydrogens (tertiary/aromatic N) is 3. The minimum atomic E-state index is -0.524. The predicted molar refractivity (Wildman–Crippen MR) is 104 cm³/mol. The van der Waals surface area contributed by atoms with Crippen LogP contribution in [0.1, 0.15) is 41.6 Å².